The van der Waals surface area contributed by atoms with E-state index in [0.29, 0.717) is 9.36 Å². The van der Waals surface area contributed by atoms with Gasteiger partial charge in [-0.25, -0.2) is 9.53 Å². The maximum Gasteiger partial charge on any atom is 0.408 e. The van der Waals surface area contributed by atoms with Crippen molar-refractivity contribution in [3.8, 4) is 0 Å². The maximum absolute atomic E-state index is 12.6. The largest absolute Gasteiger partial charge is 0.408 e. The third kappa shape index (κ3) is 10.1. The minimum atomic E-state index is -4.65. The smallest absolute Gasteiger partial charge is 0.365 e. The quantitative estimate of drug-likeness (QED) is 0.0938. The van der Waals surface area contributed by atoms with Gasteiger partial charge in [-0.3, -0.25) is 39.3 Å². The van der Waals surface area contributed by atoms with E-state index in [-0.39, 0.29) is 28.2 Å². The SMILES string of the molecule is NC(=O)c1cnn(CC(F)(F)F)c1NC(=O)c1ccc([N+](=O)[O-])cc1.[C-]#[N+]c1cnn(CC(F)(F)F)c1NC(=O)c1ccc([N+](=O)[O-])cc1. The Balaban J connectivity index is 0.000000266. The van der Waals surface area contributed by atoms with E-state index in [9.17, 15) is 61.0 Å². The van der Waals surface area contributed by atoms with E-state index in [2.05, 4.69) is 25.7 Å². The number of aromatic nitrogens is 4. The fraction of sp³-hybridized carbons (Fsp3) is 0.154. The Morgan fingerprint density at radius 1 is 0.755 bits per heavy atom. The first-order chi connectivity index (χ1) is 22.8. The molecule has 49 heavy (non-hydrogen) atoms. The van der Waals surface area contributed by atoms with Crippen LogP contribution >= 0.6 is 0 Å². The molecule has 0 radical (unpaired) electrons. The number of carbonyl (C=O) groups is 3. The minimum Gasteiger partial charge on any atom is -0.365 e. The second-order valence-corrected chi connectivity index (χ2v) is 9.32. The van der Waals surface area contributed by atoms with Gasteiger partial charge in [-0.2, -0.15) is 36.5 Å². The van der Waals surface area contributed by atoms with Crippen LogP contribution in [0.3, 0.4) is 0 Å². The van der Waals surface area contributed by atoms with Gasteiger partial charge in [-0.15, -0.1) is 0 Å². The number of primary amides is 1. The highest BCUT2D eigenvalue weighted by Crippen LogP contribution is 2.29. The van der Waals surface area contributed by atoms with Gasteiger partial charge in [0.05, 0.1) is 28.8 Å². The van der Waals surface area contributed by atoms with Gasteiger partial charge in [0.15, 0.2) is 0 Å². The summed E-state index contributed by atoms with van der Waals surface area (Å²) in [5, 5.41) is 32.3. The van der Waals surface area contributed by atoms with Crippen LogP contribution < -0.4 is 16.4 Å². The molecule has 0 unspecified atom stereocenters. The first-order valence-electron chi connectivity index (χ1n) is 12.8. The molecule has 0 spiro atoms. The van der Waals surface area contributed by atoms with E-state index < -0.39 is 70.2 Å². The Kier molecular flexibility index (Phi) is 11.0. The van der Waals surface area contributed by atoms with Crippen LogP contribution in [-0.4, -0.2) is 59.5 Å². The van der Waals surface area contributed by atoms with Crippen molar-refractivity contribution in [2.24, 2.45) is 5.73 Å². The molecule has 0 saturated carbocycles. The summed E-state index contributed by atoms with van der Waals surface area (Å²) in [4.78, 5) is 58.3. The Bertz CT molecular complexity index is 1930. The summed E-state index contributed by atoms with van der Waals surface area (Å²) in [6.45, 7) is 3.90. The molecular weight excluding hydrogens is 678 g/mol. The van der Waals surface area contributed by atoms with Crippen LogP contribution in [0, 0.1) is 26.8 Å². The van der Waals surface area contributed by atoms with Gasteiger partial charge >= 0.3 is 12.4 Å². The topological polar surface area (TPSA) is 228 Å². The van der Waals surface area contributed by atoms with Crippen LogP contribution in [0.25, 0.3) is 4.85 Å². The summed E-state index contributed by atoms with van der Waals surface area (Å²) in [6.07, 6.45) is -7.52. The molecule has 0 atom stereocenters. The van der Waals surface area contributed by atoms with Gasteiger partial charge in [-0.1, -0.05) is 0 Å². The normalized spacial score (nSPS) is 11.0. The Hall–Kier alpha value is -6.86. The summed E-state index contributed by atoms with van der Waals surface area (Å²) in [6, 6.07) is 8.79. The average molecular weight is 696 g/mol. The third-order valence-corrected chi connectivity index (χ3v) is 5.85. The van der Waals surface area contributed by atoms with E-state index in [4.69, 9.17) is 12.3 Å². The van der Waals surface area contributed by atoms with Crippen LogP contribution in [0.1, 0.15) is 31.1 Å². The molecule has 0 aliphatic heterocycles. The first-order valence-corrected chi connectivity index (χ1v) is 12.8. The number of hydrogen-bond acceptors (Lipinski definition) is 9. The number of nitrogens with zero attached hydrogens (tertiary/aromatic N) is 7. The van der Waals surface area contributed by atoms with Crippen molar-refractivity contribution in [2.75, 3.05) is 10.6 Å². The van der Waals surface area contributed by atoms with Gasteiger partial charge in [0.2, 0.25) is 5.69 Å². The number of amides is 3. The average Bonchev–Trinajstić information content (AvgIpc) is 3.58. The van der Waals surface area contributed by atoms with Crippen molar-refractivity contribution in [2.45, 2.75) is 25.4 Å². The maximum atomic E-state index is 12.6. The number of nitro groups is 2. The summed E-state index contributed by atoms with van der Waals surface area (Å²) in [5.74, 6) is -3.70. The Morgan fingerprint density at radius 3 is 1.51 bits per heavy atom. The van der Waals surface area contributed by atoms with Crippen molar-refractivity contribution in [3.05, 3.63) is 109 Å². The molecule has 4 aromatic rings. The van der Waals surface area contributed by atoms with Gasteiger partial charge in [-0.05, 0) is 24.3 Å². The molecule has 0 aliphatic rings. The number of anilines is 2. The summed E-state index contributed by atoms with van der Waals surface area (Å²) in [5.41, 5.74) is 3.81. The zero-order chi connectivity index (χ0) is 36.7. The molecule has 17 nitrogen and oxygen atoms in total. The summed E-state index contributed by atoms with van der Waals surface area (Å²) >= 11 is 0. The number of benzene rings is 2. The zero-order valence-corrected chi connectivity index (χ0v) is 24.0. The predicted octanol–water partition coefficient (Wildman–Crippen LogP) is 4.86. The summed E-state index contributed by atoms with van der Waals surface area (Å²) in [7, 11) is 0. The van der Waals surface area contributed by atoms with Crippen LogP contribution in [-0.2, 0) is 13.1 Å². The molecule has 2 aromatic carbocycles. The van der Waals surface area contributed by atoms with Crippen LogP contribution in [0.5, 0.6) is 0 Å². The number of nitrogens with one attached hydrogen (secondary N) is 2. The fourth-order valence-electron chi connectivity index (χ4n) is 3.69. The van der Waals surface area contributed by atoms with E-state index in [1.807, 2.05) is 0 Å². The molecular formula is C26H18F6N10O7. The highest BCUT2D eigenvalue weighted by atomic mass is 19.4. The number of nitrogens with two attached hydrogens (primary N) is 1. The highest BCUT2D eigenvalue weighted by molar-refractivity contribution is 6.08. The summed E-state index contributed by atoms with van der Waals surface area (Å²) < 4.78 is 76.0. The molecule has 2 heterocycles. The van der Waals surface area contributed by atoms with Crippen LogP contribution in [0.2, 0.25) is 0 Å². The van der Waals surface area contributed by atoms with E-state index >= 15 is 0 Å². The van der Waals surface area contributed by atoms with E-state index in [1.165, 1.54) is 0 Å². The lowest BCUT2D eigenvalue weighted by Crippen LogP contribution is -2.24. The molecule has 4 N–H and O–H groups in total. The van der Waals surface area contributed by atoms with E-state index in [1.54, 1.807) is 0 Å². The van der Waals surface area contributed by atoms with Crippen molar-refractivity contribution < 1.29 is 50.6 Å². The predicted molar refractivity (Wildman–Crippen MR) is 153 cm³/mol. The van der Waals surface area contributed by atoms with Crippen molar-refractivity contribution in [3.63, 3.8) is 0 Å². The van der Waals surface area contributed by atoms with Gasteiger partial charge < -0.3 is 16.4 Å². The molecule has 0 saturated heterocycles. The number of halogens is 6. The second kappa shape index (κ2) is 14.7. The number of hydrogen-bond donors (Lipinski definition) is 3. The van der Waals surface area contributed by atoms with Gasteiger partial charge in [0, 0.05) is 35.4 Å². The molecule has 0 bridgehead atoms. The fourth-order valence-corrected chi connectivity index (χ4v) is 3.69. The Morgan fingerprint density at radius 2 is 1.14 bits per heavy atom. The monoisotopic (exact) mass is 696 g/mol. The lowest BCUT2D eigenvalue weighted by Gasteiger charge is -2.12. The molecule has 256 valence electrons. The lowest BCUT2D eigenvalue weighted by molar-refractivity contribution is -0.385. The zero-order valence-electron chi connectivity index (χ0n) is 24.0. The first kappa shape index (κ1) is 36.6. The molecule has 0 aliphatic carbocycles. The number of non-ortho nitro benzene ring substituents is 2. The standard InChI is InChI=1S/C13H10F3N5O4.C13H8F3N5O3/c14-13(15,16)6-20-11(9(5-18-20)10(17)22)19-12(23)7-1-3-8(4-2-7)21(24)25;1-17-10-6-18-20(7-13(14,15)16)11(10)19-12(22)8-2-4-9(5-3-8)21(23)24/h1-5H,6H2,(H2,17,22)(H,19,23);2-6H,7H2,(H,19,22). The van der Waals surface area contributed by atoms with Crippen molar-refractivity contribution in [1.82, 2.24) is 19.6 Å². The molecule has 0 fully saturated rings. The lowest BCUT2D eigenvalue weighted by atomic mass is 10.2. The number of nitro benzene ring substituents is 2. The van der Waals surface area contributed by atoms with Gasteiger partial charge in [0.25, 0.3) is 29.1 Å². The third-order valence-electron chi connectivity index (χ3n) is 5.85. The van der Waals surface area contributed by atoms with Crippen molar-refractivity contribution >= 4 is 46.4 Å². The van der Waals surface area contributed by atoms with Gasteiger partial charge in [0.1, 0.15) is 30.3 Å². The van der Waals surface area contributed by atoms with Crippen molar-refractivity contribution in [1.29, 1.82) is 0 Å². The van der Waals surface area contributed by atoms with Crippen LogP contribution in [0.15, 0.2) is 60.9 Å². The number of alkyl halides is 6. The molecule has 4 rings (SSSR count). The van der Waals surface area contributed by atoms with E-state index in [0.717, 1.165) is 60.9 Å². The minimum absolute atomic E-state index is 0.0173. The second-order valence-electron chi connectivity index (χ2n) is 9.32. The molecule has 23 heteroatoms. The molecule has 2 aromatic heterocycles. The number of rotatable bonds is 9. The molecule has 3 amide bonds. The van der Waals surface area contributed by atoms with Crippen LogP contribution in [0.4, 0.5) is 55.0 Å². The Labute approximate surface area is 268 Å². The highest BCUT2D eigenvalue weighted by Gasteiger charge is 2.32. The number of carbonyl (C=O) groups excluding carboxylic acids is 3.